The molecule has 0 radical (unpaired) electrons. The lowest BCUT2D eigenvalue weighted by molar-refractivity contribution is -0.127. The first kappa shape index (κ1) is 10.9. The first-order valence-electron chi connectivity index (χ1n) is 6.28. The number of Topliss-reactive ketones (excluding diaryl/α,β-unsaturated/α-hetero) is 1. The van der Waals surface area contributed by atoms with E-state index in [0.717, 1.165) is 32.7 Å². The van der Waals surface area contributed by atoms with E-state index in [9.17, 15) is 4.79 Å². The fourth-order valence-corrected chi connectivity index (χ4v) is 2.83. The Morgan fingerprint density at radius 3 is 2.71 bits per heavy atom. The molecule has 3 rings (SSSR count). The molecule has 3 nitrogen and oxygen atoms in total. The molecule has 2 aliphatic rings. The summed E-state index contributed by atoms with van der Waals surface area (Å²) >= 11 is 0. The van der Waals surface area contributed by atoms with Crippen LogP contribution in [0.25, 0.3) is 0 Å². The molecule has 1 unspecified atom stereocenters. The van der Waals surface area contributed by atoms with Crippen LogP contribution in [-0.2, 0) is 16.0 Å². The monoisotopic (exact) mass is 231 g/mol. The number of aryl methyl sites for hydroxylation is 1. The maximum atomic E-state index is 12.2. The van der Waals surface area contributed by atoms with Crippen LogP contribution in [0.1, 0.15) is 23.6 Å². The van der Waals surface area contributed by atoms with Crippen LogP contribution in [0, 0.1) is 0 Å². The van der Waals surface area contributed by atoms with Crippen molar-refractivity contribution in [3.05, 3.63) is 35.4 Å². The molecule has 1 aliphatic heterocycles. The number of fused-ring (bicyclic) bond motifs is 1. The Morgan fingerprint density at radius 1 is 1.12 bits per heavy atom. The number of ether oxygens (including phenoxy) is 1. The molecule has 1 aromatic carbocycles. The summed E-state index contributed by atoms with van der Waals surface area (Å²) in [5, 5.41) is 0. The Hall–Kier alpha value is -1.19. The fourth-order valence-electron chi connectivity index (χ4n) is 2.83. The standard InChI is InChI=1S/C14H17NO2/c16-13-6-5-11-3-1-2-4-12(11)14(13)15-7-9-17-10-8-15/h1-4,14H,5-10H2. The zero-order valence-corrected chi connectivity index (χ0v) is 9.89. The fraction of sp³-hybridized carbons (Fsp3) is 0.500. The van der Waals surface area contributed by atoms with Crippen LogP contribution >= 0.6 is 0 Å². The van der Waals surface area contributed by atoms with E-state index >= 15 is 0 Å². The number of benzene rings is 1. The van der Waals surface area contributed by atoms with E-state index in [-0.39, 0.29) is 6.04 Å². The highest BCUT2D eigenvalue weighted by Crippen LogP contribution is 2.32. The number of carbonyl (C=O) groups is 1. The van der Waals surface area contributed by atoms with Crippen molar-refractivity contribution < 1.29 is 9.53 Å². The second-order valence-electron chi connectivity index (χ2n) is 4.72. The third-order valence-electron chi connectivity index (χ3n) is 3.71. The first-order valence-corrected chi connectivity index (χ1v) is 6.28. The van der Waals surface area contributed by atoms with Gasteiger partial charge < -0.3 is 4.74 Å². The Morgan fingerprint density at radius 2 is 1.88 bits per heavy atom. The maximum Gasteiger partial charge on any atom is 0.154 e. The van der Waals surface area contributed by atoms with E-state index in [2.05, 4.69) is 23.1 Å². The third kappa shape index (κ3) is 2.01. The average Bonchev–Trinajstić information content (AvgIpc) is 2.39. The van der Waals surface area contributed by atoms with Gasteiger partial charge in [-0.3, -0.25) is 9.69 Å². The number of hydrogen-bond acceptors (Lipinski definition) is 3. The minimum atomic E-state index is -0.0242. The minimum absolute atomic E-state index is 0.0242. The zero-order chi connectivity index (χ0) is 11.7. The number of morpholine rings is 1. The lowest BCUT2D eigenvalue weighted by Crippen LogP contribution is -2.43. The number of hydrogen-bond donors (Lipinski definition) is 0. The molecule has 0 N–H and O–H groups in total. The van der Waals surface area contributed by atoms with Gasteiger partial charge in [0.05, 0.1) is 19.3 Å². The largest absolute Gasteiger partial charge is 0.379 e. The molecule has 90 valence electrons. The van der Waals surface area contributed by atoms with Crippen LogP contribution in [0.5, 0.6) is 0 Å². The van der Waals surface area contributed by atoms with Gasteiger partial charge in [-0.2, -0.15) is 0 Å². The minimum Gasteiger partial charge on any atom is -0.379 e. The Labute approximate surface area is 101 Å². The van der Waals surface area contributed by atoms with Gasteiger partial charge in [0.15, 0.2) is 5.78 Å². The summed E-state index contributed by atoms with van der Waals surface area (Å²) in [6, 6.07) is 8.32. The maximum absolute atomic E-state index is 12.2. The Bertz CT molecular complexity index is 424. The molecule has 1 saturated heterocycles. The molecule has 1 heterocycles. The highest BCUT2D eigenvalue weighted by molar-refractivity contribution is 5.87. The number of nitrogens with zero attached hydrogens (tertiary/aromatic N) is 1. The van der Waals surface area contributed by atoms with E-state index in [0.29, 0.717) is 12.2 Å². The zero-order valence-electron chi connectivity index (χ0n) is 9.89. The molecule has 0 aromatic heterocycles. The predicted molar refractivity (Wildman–Crippen MR) is 64.9 cm³/mol. The van der Waals surface area contributed by atoms with Crippen LogP contribution in [0.4, 0.5) is 0 Å². The summed E-state index contributed by atoms with van der Waals surface area (Å²) in [5.41, 5.74) is 2.55. The molecule has 0 amide bonds. The summed E-state index contributed by atoms with van der Waals surface area (Å²) in [6.45, 7) is 3.22. The van der Waals surface area contributed by atoms with Gasteiger partial charge in [0, 0.05) is 19.5 Å². The van der Waals surface area contributed by atoms with E-state index in [1.165, 1.54) is 11.1 Å². The molecule has 1 fully saturated rings. The Balaban J connectivity index is 1.94. The SMILES string of the molecule is O=C1CCc2ccccc2C1N1CCOCC1. The van der Waals surface area contributed by atoms with E-state index in [4.69, 9.17) is 4.74 Å². The lowest BCUT2D eigenvalue weighted by atomic mass is 9.85. The van der Waals surface area contributed by atoms with E-state index in [1.807, 2.05) is 6.07 Å². The van der Waals surface area contributed by atoms with Crippen LogP contribution in [0.2, 0.25) is 0 Å². The summed E-state index contributed by atoms with van der Waals surface area (Å²) < 4.78 is 5.36. The summed E-state index contributed by atoms with van der Waals surface area (Å²) in [4.78, 5) is 14.4. The molecule has 17 heavy (non-hydrogen) atoms. The van der Waals surface area contributed by atoms with Crippen molar-refractivity contribution in [1.82, 2.24) is 4.90 Å². The summed E-state index contributed by atoms with van der Waals surface area (Å²) in [6.07, 6.45) is 1.58. The quantitative estimate of drug-likeness (QED) is 0.735. The molecule has 0 spiro atoms. The van der Waals surface area contributed by atoms with Crippen molar-refractivity contribution in [2.24, 2.45) is 0 Å². The van der Waals surface area contributed by atoms with Crippen LogP contribution in [0.3, 0.4) is 0 Å². The van der Waals surface area contributed by atoms with Gasteiger partial charge in [0.25, 0.3) is 0 Å². The van der Waals surface area contributed by atoms with Gasteiger partial charge in [-0.05, 0) is 17.5 Å². The van der Waals surface area contributed by atoms with Gasteiger partial charge in [-0.1, -0.05) is 24.3 Å². The molecule has 1 atom stereocenters. The number of rotatable bonds is 1. The highest BCUT2D eigenvalue weighted by atomic mass is 16.5. The van der Waals surface area contributed by atoms with Crippen molar-refractivity contribution in [2.75, 3.05) is 26.3 Å². The van der Waals surface area contributed by atoms with Crippen molar-refractivity contribution >= 4 is 5.78 Å². The molecular formula is C14H17NO2. The van der Waals surface area contributed by atoms with Crippen LogP contribution < -0.4 is 0 Å². The first-order chi connectivity index (χ1) is 8.36. The van der Waals surface area contributed by atoms with Gasteiger partial charge >= 0.3 is 0 Å². The van der Waals surface area contributed by atoms with Crippen molar-refractivity contribution in [3.63, 3.8) is 0 Å². The summed E-state index contributed by atoms with van der Waals surface area (Å²) in [7, 11) is 0. The molecule has 0 bridgehead atoms. The van der Waals surface area contributed by atoms with Crippen molar-refractivity contribution in [1.29, 1.82) is 0 Å². The van der Waals surface area contributed by atoms with Gasteiger partial charge in [0.1, 0.15) is 0 Å². The Kier molecular flexibility index (Phi) is 2.95. The number of ketones is 1. The van der Waals surface area contributed by atoms with E-state index < -0.39 is 0 Å². The van der Waals surface area contributed by atoms with Gasteiger partial charge in [-0.15, -0.1) is 0 Å². The molecule has 0 saturated carbocycles. The predicted octanol–water partition coefficient (Wildman–Crippen LogP) is 1.58. The van der Waals surface area contributed by atoms with Crippen LogP contribution in [0.15, 0.2) is 24.3 Å². The second-order valence-corrected chi connectivity index (χ2v) is 4.72. The number of carbonyl (C=O) groups excluding carboxylic acids is 1. The topological polar surface area (TPSA) is 29.5 Å². The second kappa shape index (κ2) is 4.59. The third-order valence-corrected chi connectivity index (χ3v) is 3.71. The smallest absolute Gasteiger partial charge is 0.154 e. The van der Waals surface area contributed by atoms with Crippen LogP contribution in [-0.4, -0.2) is 37.0 Å². The molecule has 1 aromatic rings. The van der Waals surface area contributed by atoms with Crippen molar-refractivity contribution in [2.45, 2.75) is 18.9 Å². The van der Waals surface area contributed by atoms with Gasteiger partial charge in [0.2, 0.25) is 0 Å². The normalized spacial score (nSPS) is 25.6. The summed E-state index contributed by atoms with van der Waals surface area (Å²) in [5.74, 6) is 0.366. The molecule has 3 heteroatoms. The molecular weight excluding hydrogens is 214 g/mol. The average molecular weight is 231 g/mol. The highest BCUT2D eigenvalue weighted by Gasteiger charge is 2.32. The van der Waals surface area contributed by atoms with Crippen molar-refractivity contribution in [3.8, 4) is 0 Å². The van der Waals surface area contributed by atoms with Gasteiger partial charge in [-0.25, -0.2) is 0 Å². The lowest BCUT2D eigenvalue weighted by Gasteiger charge is -2.36. The molecule has 1 aliphatic carbocycles. The van der Waals surface area contributed by atoms with E-state index in [1.54, 1.807) is 0 Å².